The molecule has 1 aromatic carbocycles. The number of rotatable bonds is 5. The van der Waals surface area contributed by atoms with Crippen LogP contribution < -0.4 is 10.1 Å². The van der Waals surface area contributed by atoms with Gasteiger partial charge in [-0.2, -0.15) is 0 Å². The summed E-state index contributed by atoms with van der Waals surface area (Å²) in [5, 5.41) is 2.52. The predicted molar refractivity (Wildman–Crippen MR) is 64.5 cm³/mol. The Labute approximate surface area is 101 Å². The molecule has 1 aromatic rings. The fraction of sp³-hybridized carbons (Fsp3) is 0.385. The molecule has 1 N–H and O–H groups in total. The third-order valence-electron chi connectivity index (χ3n) is 2.00. The number of hydrogen-bond donors (Lipinski definition) is 1. The van der Waals surface area contributed by atoms with Crippen LogP contribution in [0.15, 0.2) is 30.3 Å². The van der Waals surface area contributed by atoms with Crippen LogP contribution in [0, 0.1) is 5.92 Å². The molecule has 0 bridgehead atoms. The van der Waals surface area contributed by atoms with Crippen LogP contribution in [-0.2, 0) is 9.59 Å². The van der Waals surface area contributed by atoms with Gasteiger partial charge >= 0.3 is 5.97 Å². The van der Waals surface area contributed by atoms with Crippen molar-refractivity contribution in [3.8, 4) is 5.75 Å². The van der Waals surface area contributed by atoms with Crippen LogP contribution in [0.2, 0.25) is 0 Å². The van der Waals surface area contributed by atoms with Crippen LogP contribution >= 0.6 is 0 Å². The van der Waals surface area contributed by atoms with Gasteiger partial charge < -0.3 is 10.1 Å². The monoisotopic (exact) mass is 235 g/mol. The highest BCUT2D eigenvalue weighted by molar-refractivity contribution is 5.82. The maximum atomic E-state index is 11.4. The molecular formula is C13H17NO3. The van der Waals surface area contributed by atoms with Crippen molar-refractivity contribution in [3.63, 3.8) is 0 Å². The number of carbonyl (C=O) groups excluding carboxylic acids is 2. The lowest BCUT2D eigenvalue weighted by Gasteiger charge is -2.07. The molecule has 1 amide bonds. The fourth-order valence-electron chi connectivity index (χ4n) is 1.27. The number of amides is 1. The fourth-order valence-corrected chi connectivity index (χ4v) is 1.27. The van der Waals surface area contributed by atoms with E-state index in [2.05, 4.69) is 5.32 Å². The topological polar surface area (TPSA) is 55.4 Å². The van der Waals surface area contributed by atoms with Gasteiger partial charge in [0, 0.05) is 6.42 Å². The van der Waals surface area contributed by atoms with E-state index in [-0.39, 0.29) is 18.4 Å². The number of nitrogens with one attached hydrogen (secondary N) is 1. The maximum absolute atomic E-state index is 11.4. The second-order valence-electron chi connectivity index (χ2n) is 4.16. The SMILES string of the molecule is CC(C)CC(=O)NCC(=O)Oc1ccccc1. The Kier molecular flexibility index (Phi) is 5.20. The van der Waals surface area contributed by atoms with Crippen molar-refractivity contribution >= 4 is 11.9 Å². The molecule has 0 aliphatic carbocycles. The van der Waals surface area contributed by atoms with Crippen LogP contribution in [0.5, 0.6) is 5.75 Å². The van der Waals surface area contributed by atoms with E-state index in [1.54, 1.807) is 24.3 Å². The molecule has 0 spiro atoms. The van der Waals surface area contributed by atoms with Gasteiger partial charge in [0.05, 0.1) is 0 Å². The van der Waals surface area contributed by atoms with E-state index >= 15 is 0 Å². The lowest BCUT2D eigenvalue weighted by molar-refractivity contribution is -0.135. The van der Waals surface area contributed by atoms with Crippen molar-refractivity contribution in [3.05, 3.63) is 30.3 Å². The van der Waals surface area contributed by atoms with Crippen molar-refractivity contribution in [1.82, 2.24) is 5.32 Å². The van der Waals surface area contributed by atoms with Gasteiger partial charge in [0.2, 0.25) is 5.91 Å². The highest BCUT2D eigenvalue weighted by Crippen LogP contribution is 2.08. The first-order valence-electron chi connectivity index (χ1n) is 5.60. The zero-order chi connectivity index (χ0) is 12.7. The molecule has 92 valence electrons. The molecular weight excluding hydrogens is 218 g/mol. The molecule has 0 heterocycles. The summed E-state index contributed by atoms with van der Waals surface area (Å²) in [7, 11) is 0. The number of esters is 1. The van der Waals surface area contributed by atoms with Gasteiger partial charge in [0.1, 0.15) is 12.3 Å². The first kappa shape index (κ1) is 13.2. The van der Waals surface area contributed by atoms with Gasteiger partial charge in [-0.15, -0.1) is 0 Å². The third kappa shape index (κ3) is 5.70. The number of carbonyl (C=O) groups is 2. The summed E-state index contributed by atoms with van der Waals surface area (Å²) in [6.07, 6.45) is 0.415. The molecule has 0 unspecified atom stereocenters. The van der Waals surface area contributed by atoms with Crippen LogP contribution in [0.3, 0.4) is 0 Å². The molecule has 0 saturated heterocycles. The van der Waals surface area contributed by atoms with Gasteiger partial charge in [-0.25, -0.2) is 4.79 Å². The third-order valence-corrected chi connectivity index (χ3v) is 2.00. The van der Waals surface area contributed by atoms with E-state index in [1.807, 2.05) is 19.9 Å². The summed E-state index contributed by atoms with van der Waals surface area (Å²) >= 11 is 0. The van der Waals surface area contributed by atoms with Gasteiger partial charge in [-0.1, -0.05) is 32.0 Å². The first-order valence-corrected chi connectivity index (χ1v) is 5.60. The van der Waals surface area contributed by atoms with Crippen LogP contribution in [0.1, 0.15) is 20.3 Å². The molecule has 0 aromatic heterocycles. The van der Waals surface area contributed by atoms with Crippen molar-refractivity contribution in [2.75, 3.05) is 6.54 Å². The molecule has 4 heteroatoms. The zero-order valence-electron chi connectivity index (χ0n) is 10.1. The van der Waals surface area contributed by atoms with Gasteiger partial charge in [0.25, 0.3) is 0 Å². The van der Waals surface area contributed by atoms with Crippen molar-refractivity contribution in [1.29, 1.82) is 0 Å². The smallest absolute Gasteiger partial charge is 0.330 e. The minimum Gasteiger partial charge on any atom is -0.425 e. The average molecular weight is 235 g/mol. The molecule has 1 rings (SSSR count). The van der Waals surface area contributed by atoms with Crippen molar-refractivity contribution in [2.24, 2.45) is 5.92 Å². The van der Waals surface area contributed by atoms with E-state index in [9.17, 15) is 9.59 Å². The van der Waals surface area contributed by atoms with Crippen LogP contribution in [-0.4, -0.2) is 18.4 Å². The highest BCUT2D eigenvalue weighted by Gasteiger charge is 2.08. The predicted octanol–water partition coefficient (Wildman–Crippen LogP) is 1.75. The number of para-hydroxylation sites is 1. The summed E-state index contributed by atoms with van der Waals surface area (Å²) in [6.45, 7) is 3.80. The van der Waals surface area contributed by atoms with E-state index in [4.69, 9.17) is 4.74 Å². The Morgan fingerprint density at radius 1 is 1.24 bits per heavy atom. The summed E-state index contributed by atoms with van der Waals surface area (Å²) in [5.41, 5.74) is 0. The van der Waals surface area contributed by atoms with Crippen molar-refractivity contribution in [2.45, 2.75) is 20.3 Å². The second kappa shape index (κ2) is 6.68. The largest absolute Gasteiger partial charge is 0.425 e. The minimum atomic E-state index is -0.465. The van der Waals surface area contributed by atoms with Gasteiger partial charge in [0.15, 0.2) is 0 Å². The number of benzene rings is 1. The molecule has 4 nitrogen and oxygen atoms in total. The first-order chi connectivity index (χ1) is 8.08. The van der Waals surface area contributed by atoms with E-state index in [0.29, 0.717) is 12.2 Å². The summed E-state index contributed by atoms with van der Waals surface area (Å²) < 4.78 is 5.02. The lowest BCUT2D eigenvalue weighted by atomic mass is 10.1. The Bertz CT molecular complexity index is 374. The van der Waals surface area contributed by atoms with Gasteiger partial charge in [-0.3, -0.25) is 4.79 Å². The molecule has 0 radical (unpaired) electrons. The summed E-state index contributed by atoms with van der Waals surface area (Å²) in [5.74, 6) is 0.161. The Morgan fingerprint density at radius 3 is 2.47 bits per heavy atom. The zero-order valence-corrected chi connectivity index (χ0v) is 10.1. The quantitative estimate of drug-likeness (QED) is 0.625. The number of ether oxygens (including phenoxy) is 1. The minimum absolute atomic E-state index is 0.0968. The standard InChI is InChI=1S/C13H17NO3/c1-10(2)8-12(15)14-9-13(16)17-11-6-4-3-5-7-11/h3-7,10H,8-9H2,1-2H3,(H,14,15). The van der Waals surface area contributed by atoms with E-state index in [0.717, 1.165) is 0 Å². The molecule has 0 aliphatic rings. The normalized spacial score (nSPS) is 10.1. The van der Waals surface area contributed by atoms with Crippen molar-refractivity contribution < 1.29 is 14.3 Å². The number of hydrogen-bond acceptors (Lipinski definition) is 3. The molecule has 0 saturated carbocycles. The van der Waals surface area contributed by atoms with Gasteiger partial charge in [-0.05, 0) is 18.1 Å². The maximum Gasteiger partial charge on any atom is 0.330 e. The highest BCUT2D eigenvalue weighted by atomic mass is 16.5. The Morgan fingerprint density at radius 2 is 1.88 bits per heavy atom. The molecule has 0 fully saturated rings. The van der Waals surface area contributed by atoms with E-state index < -0.39 is 5.97 Å². The lowest BCUT2D eigenvalue weighted by Crippen LogP contribution is -2.32. The second-order valence-corrected chi connectivity index (χ2v) is 4.16. The Hall–Kier alpha value is -1.84. The van der Waals surface area contributed by atoms with Crippen LogP contribution in [0.25, 0.3) is 0 Å². The van der Waals surface area contributed by atoms with Crippen LogP contribution in [0.4, 0.5) is 0 Å². The summed E-state index contributed by atoms with van der Waals surface area (Å²) in [4.78, 5) is 22.7. The molecule has 0 aliphatic heterocycles. The molecule has 17 heavy (non-hydrogen) atoms. The van der Waals surface area contributed by atoms with E-state index in [1.165, 1.54) is 0 Å². The summed E-state index contributed by atoms with van der Waals surface area (Å²) in [6, 6.07) is 8.77. The Balaban J connectivity index is 2.29. The average Bonchev–Trinajstić information content (AvgIpc) is 2.27. The molecule has 0 atom stereocenters.